The van der Waals surface area contributed by atoms with Gasteiger partial charge in [-0.3, -0.25) is 4.79 Å². The lowest BCUT2D eigenvalue weighted by molar-refractivity contribution is -0.131. The van der Waals surface area contributed by atoms with Crippen LogP contribution in [0.1, 0.15) is 19.3 Å². The number of carbonyl (C=O) groups excluding carboxylic acids is 1. The van der Waals surface area contributed by atoms with Gasteiger partial charge in [-0.05, 0) is 38.6 Å². The van der Waals surface area contributed by atoms with Gasteiger partial charge in [0, 0.05) is 31.4 Å². The smallest absolute Gasteiger partial charge is 0.225 e. The monoisotopic (exact) mass is 291 g/mol. The van der Waals surface area contributed by atoms with Crippen LogP contribution in [0.5, 0.6) is 5.75 Å². The molecule has 1 aliphatic heterocycles. The van der Waals surface area contributed by atoms with Crippen LogP contribution in [0.3, 0.4) is 0 Å². The van der Waals surface area contributed by atoms with E-state index in [1.165, 1.54) is 12.8 Å². The number of nitrogen functional groups attached to an aromatic ring is 1. The maximum Gasteiger partial charge on any atom is 0.225 e. The number of ether oxygens (including phenoxy) is 1. The molecule has 0 radical (unpaired) electrons. The van der Waals surface area contributed by atoms with Crippen LogP contribution in [-0.2, 0) is 4.79 Å². The molecule has 1 aromatic carbocycles. The number of hydrogen-bond donors (Lipinski definition) is 1. The van der Waals surface area contributed by atoms with Crippen molar-refractivity contribution >= 4 is 11.6 Å². The molecular weight excluding hydrogens is 266 g/mol. The van der Waals surface area contributed by atoms with Crippen molar-refractivity contribution in [2.75, 3.05) is 39.5 Å². The third-order valence-electron chi connectivity index (χ3n) is 4.02. The third-order valence-corrected chi connectivity index (χ3v) is 4.02. The first kappa shape index (κ1) is 15.6. The Balaban J connectivity index is 1.71. The van der Waals surface area contributed by atoms with Crippen LogP contribution in [0.4, 0.5) is 5.69 Å². The van der Waals surface area contributed by atoms with Gasteiger partial charge in [0.15, 0.2) is 0 Å². The summed E-state index contributed by atoms with van der Waals surface area (Å²) in [6.07, 6.45) is 2.79. The summed E-state index contributed by atoms with van der Waals surface area (Å²) in [7, 11) is 3.99. The zero-order valence-electron chi connectivity index (χ0n) is 12.9. The van der Waals surface area contributed by atoms with Gasteiger partial charge < -0.3 is 20.3 Å². The molecule has 2 rings (SSSR count). The van der Waals surface area contributed by atoms with Crippen LogP contribution in [0, 0.1) is 0 Å². The number of nitrogens with two attached hydrogens (primary N) is 1. The van der Waals surface area contributed by atoms with Gasteiger partial charge in [0.25, 0.3) is 0 Å². The van der Waals surface area contributed by atoms with Gasteiger partial charge in [0.2, 0.25) is 5.91 Å². The highest BCUT2D eigenvalue weighted by Gasteiger charge is 2.23. The average molecular weight is 291 g/mol. The molecule has 1 unspecified atom stereocenters. The molecule has 0 spiro atoms. The second kappa shape index (κ2) is 7.31. The fourth-order valence-corrected chi connectivity index (χ4v) is 2.68. The van der Waals surface area contributed by atoms with E-state index >= 15 is 0 Å². The molecule has 1 aliphatic rings. The molecule has 0 saturated carbocycles. The number of likely N-dealkylation sites (tertiary alicyclic amines) is 1. The number of likely N-dealkylation sites (N-methyl/N-ethyl adjacent to an activating group) is 2. The van der Waals surface area contributed by atoms with Crippen LogP contribution in [0.25, 0.3) is 0 Å². The number of amides is 1. The Morgan fingerprint density at radius 3 is 3.00 bits per heavy atom. The van der Waals surface area contributed by atoms with Crippen molar-refractivity contribution in [3.05, 3.63) is 24.3 Å². The van der Waals surface area contributed by atoms with E-state index < -0.39 is 0 Å². The number of anilines is 1. The summed E-state index contributed by atoms with van der Waals surface area (Å²) in [5.41, 5.74) is 6.35. The minimum absolute atomic E-state index is 0.124. The molecule has 5 nitrogen and oxygen atoms in total. The summed E-state index contributed by atoms with van der Waals surface area (Å²) in [5, 5.41) is 0. The molecule has 1 atom stereocenters. The van der Waals surface area contributed by atoms with E-state index in [0.717, 1.165) is 13.1 Å². The zero-order chi connectivity index (χ0) is 15.2. The molecule has 1 aromatic rings. The molecule has 0 bridgehead atoms. The maximum absolute atomic E-state index is 12.1. The molecule has 1 fully saturated rings. The van der Waals surface area contributed by atoms with Crippen LogP contribution in [-0.4, -0.2) is 55.5 Å². The first-order valence-corrected chi connectivity index (χ1v) is 7.49. The molecule has 0 aromatic heterocycles. The highest BCUT2D eigenvalue weighted by molar-refractivity contribution is 5.76. The quantitative estimate of drug-likeness (QED) is 0.809. The van der Waals surface area contributed by atoms with E-state index in [0.29, 0.717) is 30.5 Å². The molecular formula is C16H25N3O2. The Morgan fingerprint density at radius 1 is 1.52 bits per heavy atom. The second-order valence-electron chi connectivity index (χ2n) is 5.72. The van der Waals surface area contributed by atoms with E-state index in [9.17, 15) is 4.79 Å². The highest BCUT2D eigenvalue weighted by Crippen LogP contribution is 2.16. The molecule has 0 aliphatic carbocycles. The maximum atomic E-state index is 12.1. The van der Waals surface area contributed by atoms with Crippen molar-refractivity contribution in [1.82, 2.24) is 9.80 Å². The summed E-state index contributed by atoms with van der Waals surface area (Å²) in [6.45, 7) is 2.31. The predicted molar refractivity (Wildman–Crippen MR) is 84.3 cm³/mol. The third kappa shape index (κ3) is 4.63. The Morgan fingerprint density at radius 2 is 2.33 bits per heavy atom. The summed E-state index contributed by atoms with van der Waals surface area (Å²) < 4.78 is 5.56. The van der Waals surface area contributed by atoms with E-state index in [4.69, 9.17) is 10.5 Å². The van der Waals surface area contributed by atoms with Gasteiger partial charge >= 0.3 is 0 Å². The van der Waals surface area contributed by atoms with Crippen molar-refractivity contribution in [1.29, 1.82) is 0 Å². The SMILES string of the molecule is CN(CC1CCCN1C)C(=O)CCOc1cccc(N)c1. The second-order valence-corrected chi connectivity index (χ2v) is 5.72. The molecule has 1 heterocycles. The highest BCUT2D eigenvalue weighted by atomic mass is 16.5. The van der Waals surface area contributed by atoms with Crippen LogP contribution < -0.4 is 10.5 Å². The largest absolute Gasteiger partial charge is 0.493 e. The number of hydrogen-bond acceptors (Lipinski definition) is 4. The Bertz CT molecular complexity index is 478. The standard InChI is InChI=1S/C16H25N3O2/c1-18-9-4-6-14(18)12-19(2)16(20)8-10-21-15-7-3-5-13(17)11-15/h3,5,7,11,14H,4,6,8-10,12,17H2,1-2H3. The molecule has 1 saturated heterocycles. The lowest BCUT2D eigenvalue weighted by atomic mass is 10.2. The van der Waals surface area contributed by atoms with Crippen LogP contribution in [0.2, 0.25) is 0 Å². The van der Waals surface area contributed by atoms with Gasteiger partial charge in [-0.2, -0.15) is 0 Å². The fourth-order valence-electron chi connectivity index (χ4n) is 2.68. The van der Waals surface area contributed by atoms with Crippen molar-refractivity contribution in [3.8, 4) is 5.75 Å². The molecule has 2 N–H and O–H groups in total. The van der Waals surface area contributed by atoms with E-state index in [-0.39, 0.29) is 5.91 Å². The lowest BCUT2D eigenvalue weighted by Crippen LogP contribution is -2.39. The topological polar surface area (TPSA) is 58.8 Å². The molecule has 116 valence electrons. The number of rotatable bonds is 6. The summed E-state index contributed by atoms with van der Waals surface area (Å²) in [5.74, 6) is 0.834. The summed E-state index contributed by atoms with van der Waals surface area (Å²) in [6, 6.07) is 7.76. The Kier molecular flexibility index (Phi) is 5.44. The first-order valence-electron chi connectivity index (χ1n) is 7.49. The summed E-state index contributed by atoms with van der Waals surface area (Å²) in [4.78, 5) is 16.2. The molecule has 1 amide bonds. The van der Waals surface area contributed by atoms with Crippen molar-refractivity contribution in [2.24, 2.45) is 0 Å². The van der Waals surface area contributed by atoms with Gasteiger partial charge in [-0.15, -0.1) is 0 Å². The normalized spacial score (nSPS) is 18.7. The van der Waals surface area contributed by atoms with Gasteiger partial charge in [0.1, 0.15) is 5.75 Å². The van der Waals surface area contributed by atoms with Crippen molar-refractivity contribution in [2.45, 2.75) is 25.3 Å². The lowest BCUT2D eigenvalue weighted by Gasteiger charge is -2.25. The van der Waals surface area contributed by atoms with Gasteiger partial charge in [0.05, 0.1) is 13.0 Å². The Hall–Kier alpha value is -1.75. The summed E-state index contributed by atoms with van der Waals surface area (Å²) >= 11 is 0. The minimum atomic E-state index is 0.124. The number of benzene rings is 1. The number of carbonyl (C=O) groups is 1. The van der Waals surface area contributed by atoms with E-state index in [2.05, 4.69) is 11.9 Å². The average Bonchev–Trinajstić information content (AvgIpc) is 2.84. The van der Waals surface area contributed by atoms with Gasteiger partial charge in [-0.1, -0.05) is 6.07 Å². The van der Waals surface area contributed by atoms with Crippen LogP contribution in [0.15, 0.2) is 24.3 Å². The zero-order valence-corrected chi connectivity index (χ0v) is 12.9. The Labute approximate surface area is 126 Å². The number of nitrogens with zero attached hydrogens (tertiary/aromatic N) is 2. The predicted octanol–water partition coefficient (Wildman–Crippen LogP) is 1.59. The fraction of sp³-hybridized carbons (Fsp3) is 0.562. The minimum Gasteiger partial charge on any atom is -0.493 e. The first-order chi connectivity index (χ1) is 10.1. The van der Waals surface area contributed by atoms with Crippen molar-refractivity contribution < 1.29 is 9.53 Å². The molecule has 21 heavy (non-hydrogen) atoms. The van der Waals surface area contributed by atoms with Crippen LogP contribution >= 0.6 is 0 Å². The van der Waals surface area contributed by atoms with E-state index in [1.807, 2.05) is 30.1 Å². The van der Waals surface area contributed by atoms with E-state index in [1.54, 1.807) is 6.07 Å². The van der Waals surface area contributed by atoms with Crippen molar-refractivity contribution in [3.63, 3.8) is 0 Å². The molecule has 5 heteroatoms. The van der Waals surface area contributed by atoms with Gasteiger partial charge in [-0.25, -0.2) is 0 Å².